The molecule has 0 N–H and O–H groups in total. The van der Waals surface area contributed by atoms with Crippen LogP contribution in [0.4, 0.5) is 0 Å². The molecule has 0 fully saturated rings. The summed E-state index contributed by atoms with van der Waals surface area (Å²) in [6, 6.07) is 37.2. The monoisotopic (exact) mass is 580 g/mol. The van der Waals surface area contributed by atoms with Gasteiger partial charge in [0.2, 0.25) is 5.76 Å². The molecule has 0 bridgehead atoms. The van der Waals surface area contributed by atoms with Gasteiger partial charge >= 0.3 is 11.9 Å². The number of Topliss-reactive ketones (excluding diaryl/α,β-unsaturated/α-hetero) is 1. The van der Waals surface area contributed by atoms with Gasteiger partial charge in [-0.15, -0.1) is 0 Å². The lowest BCUT2D eigenvalue weighted by Gasteiger charge is -2.31. The van der Waals surface area contributed by atoms with E-state index in [1.54, 1.807) is 18.2 Å². The quantitative estimate of drug-likeness (QED) is 0.107. The normalized spacial score (nSPS) is 14.6. The highest BCUT2D eigenvalue weighted by Crippen LogP contribution is 2.47. The van der Waals surface area contributed by atoms with E-state index in [1.807, 2.05) is 109 Å². The fraction of sp³-hybridized carbons (Fsp3) is 0.0789. The summed E-state index contributed by atoms with van der Waals surface area (Å²) < 4.78 is 16.4. The van der Waals surface area contributed by atoms with Gasteiger partial charge < -0.3 is 14.2 Å². The van der Waals surface area contributed by atoms with Crippen LogP contribution in [-0.2, 0) is 28.6 Å². The molecular formula is C38H28O6. The van der Waals surface area contributed by atoms with Crippen molar-refractivity contribution in [1.82, 2.24) is 0 Å². The maximum Gasteiger partial charge on any atom is 0.379 e. The van der Waals surface area contributed by atoms with Gasteiger partial charge in [0.1, 0.15) is 5.76 Å². The summed E-state index contributed by atoms with van der Waals surface area (Å²) in [7, 11) is 2.38. The Morgan fingerprint density at radius 2 is 1.25 bits per heavy atom. The van der Waals surface area contributed by atoms with Crippen LogP contribution in [0.25, 0.3) is 11.6 Å². The van der Waals surface area contributed by atoms with Gasteiger partial charge in [-0.1, -0.05) is 121 Å². The molecule has 0 saturated heterocycles. The Morgan fingerprint density at radius 3 is 1.84 bits per heavy atom. The molecule has 0 aromatic heterocycles. The molecule has 1 aliphatic rings. The Bertz CT molecular complexity index is 1820. The van der Waals surface area contributed by atoms with E-state index in [0.29, 0.717) is 22.3 Å². The average Bonchev–Trinajstić information content (AvgIpc) is 3.09. The van der Waals surface area contributed by atoms with Crippen molar-refractivity contribution in [1.29, 1.82) is 0 Å². The predicted octanol–water partition coefficient (Wildman–Crippen LogP) is 6.52. The second-order valence-electron chi connectivity index (χ2n) is 9.69. The summed E-state index contributed by atoms with van der Waals surface area (Å²) in [5.41, 5.74) is 3.67. The molecule has 1 heterocycles. The maximum atomic E-state index is 13.7. The van der Waals surface area contributed by atoms with E-state index in [1.165, 1.54) is 7.11 Å². The van der Waals surface area contributed by atoms with E-state index < -0.39 is 23.6 Å². The van der Waals surface area contributed by atoms with Gasteiger partial charge in [0.15, 0.2) is 0 Å². The molecule has 4 aromatic carbocycles. The Balaban J connectivity index is 1.88. The first kappa shape index (κ1) is 29.6. The Morgan fingerprint density at radius 1 is 0.682 bits per heavy atom. The van der Waals surface area contributed by atoms with E-state index in [-0.39, 0.29) is 17.1 Å². The number of allylic oxidation sites excluding steroid dienone is 3. The highest BCUT2D eigenvalue weighted by molar-refractivity contribution is 6.42. The molecule has 0 saturated carbocycles. The summed E-state index contributed by atoms with van der Waals surface area (Å²) in [5, 5.41) is 0. The van der Waals surface area contributed by atoms with Gasteiger partial charge in [0, 0.05) is 11.1 Å². The predicted molar refractivity (Wildman–Crippen MR) is 167 cm³/mol. The van der Waals surface area contributed by atoms with Crippen LogP contribution < -0.4 is 0 Å². The molecule has 6 nitrogen and oxygen atoms in total. The first-order valence-corrected chi connectivity index (χ1v) is 13.8. The molecule has 5 rings (SSSR count). The second-order valence-corrected chi connectivity index (χ2v) is 9.69. The third-order valence-electron chi connectivity index (χ3n) is 6.95. The molecule has 0 spiro atoms. The van der Waals surface area contributed by atoms with E-state index >= 15 is 0 Å². The number of carbonyl (C=O) groups is 3. The number of ketones is 1. The van der Waals surface area contributed by atoms with Gasteiger partial charge in [0.05, 0.1) is 31.3 Å². The summed E-state index contributed by atoms with van der Waals surface area (Å²) in [5.74, 6) is 2.71. The second kappa shape index (κ2) is 13.8. The van der Waals surface area contributed by atoms with Crippen LogP contribution in [0, 0.1) is 11.8 Å². The average molecular weight is 581 g/mol. The molecule has 1 atom stereocenters. The van der Waals surface area contributed by atoms with Crippen LogP contribution in [0.15, 0.2) is 144 Å². The van der Waals surface area contributed by atoms with Crippen LogP contribution in [0.2, 0.25) is 0 Å². The van der Waals surface area contributed by atoms with Crippen molar-refractivity contribution in [2.45, 2.75) is 5.92 Å². The van der Waals surface area contributed by atoms with E-state index in [9.17, 15) is 14.4 Å². The van der Waals surface area contributed by atoms with Gasteiger partial charge in [-0.3, -0.25) is 4.79 Å². The molecule has 44 heavy (non-hydrogen) atoms. The summed E-state index contributed by atoms with van der Waals surface area (Å²) >= 11 is 0. The smallest absolute Gasteiger partial charge is 0.379 e. The van der Waals surface area contributed by atoms with E-state index in [4.69, 9.17) is 14.2 Å². The largest absolute Gasteiger partial charge is 0.463 e. The summed E-state index contributed by atoms with van der Waals surface area (Å²) in [4.78, 5) is 39.9. The molecule has 216 valence electrons. The molecule has 0 amide bonds. The fourth-order valence-corrected chi connectivity index (χ4v) is 4.90. The molecule has 0 aliphatic carbocycles. The van der Waals surface area contributed by atoms with E-state index in [2.05, 4.69) is 11.8 Å². The summed E-state index contributed by atoms with van der Waals surface area (Å²) in [6.07, 6.45) is 1.55. The minimum absolute atomic E-state index is 0.0231. The van der Waals surface area contributed by atoms with Gasteiger partial charge in [-0.2, -0.15) is 0 Å². The Labute approximate surface area is 255 Å². The lowest BCUT2D eigenvalue weighted by molar-refractivity contribution is -0.149. The molecular weight excluding hydrogens is 552 g/mol. The Hall–Kier alpha value is -5.93. The molecule has 1 unspecified atom stereocenters. The van der Waals surface area contributed by atoms with Crippen molar-refractivity contribution in [3.05, 3.63) is 166 Å². The van der Waals surface area contributed by atoms with Gasteiger partial charge in [-0.05, 0) is 34.9 Å². The fourth-order valence-electron chi connectivity index (χ4n) is 4.90. The number of hydrogen-bond acceptors (Lipinski definition) is 6. The van der Waals surface area contributed by atoms with Gasteiger partial charge in [0.25, 0.3) is 5.78 Å². The van der Waals surface area contributed by atoms with Crippen molar-refractivity contribution in [3.8, 4) is 11.8 Å². The number of benzene rings is 4. The third-order valence-corrected chi connectivity index (χ3v) is 6.95. The molecule has 0 radical (unpaired) electrons. The highest BCUT2D eigenvalue weighted by Gasteiger charge is 2.40. The molecule has 6 heteroatoms. The maximum absolute atomic E-state index is 13.7. The minimum atomic E-state index is -1.08. The number of carbonyl (C=O) groups excluding carboxylic acids is 3. The molecule has 1 aliphatic heterocycles. The van der Waals surface area contributed by atoms with Gasteiger partial charge in [-0.25, -0.2) is 9.59 Å². The summed E-state index contributed by atoms with van der Waals surface area (Å²) in [6.45, 7) is 0. The number of rotatable bonds is 7. The standard InChI is InChI=1S/C38H28O6/c1-42-37(40)34(39)31(25-27-17-9-4-10-18-27)35-33(29-21-13-6-14-22-29)32(28-19-11-5-12-20-28)30(36(44-35)38(41)43-2)24-23-26-15-7-3-8-16-26/h3-22,25,32H,1-2H3/b31-25+. The van der Waals surface area contributed by atoms with Crippen LogP contribution in [0.5, 0.6) is 0 Å². The van der Waals surface area contributed by atoms with Crippen molar-refractivity contribution in [3.63, 3.8) is 0 Å². The number of esters is 2. The van der Waals surface area contributed by atoms with Crippen molar-refractivity contribution in [2.75, 3.05) is 14.2 Å². The third kappa shape index (κ3) is 6.43. The first-order valence-electron chi connectivity index (χ1n) is 13.8. The molecule has 4 aromatic rings. The lowest BCUT2D eigenvalue weighted by atomic mass is 9.77. The number of hydrogen-bond donors (Lipinski definition) is 0. The van der Waals surface area contributed by atoms with Crippen LogP contribution in [0.3, 0.4) is 0 Å². The first-order chi connectivity index (χ1) is 21.5. The van der Waals surface area contributed by atoms with Crippen LogP contribution in [0.1, 0.15) is 28.2 Å². The SMILES string of the molecule is COC(=O)C(=O)/C(=C\c1ccccc1)C1=C(c2ccccc2)C(c2ccccc2)C(C#Cc2ccccc2)=C(C(=O)OC)O1. The zero-order chi connectivity index (χ0) is 30.9. The number of methoxy groups -OCH3 is 2. The zero-order valence-corrected chi connectivity index (χ0v) is 24.2. The number of ether oxygens (including phenoxy) is 3. The van der Waals surface area contributed by atoms with Crippen molar-refractivity contribution >= 4 is 29.4 Å². The lowest BCUT2D eigenvalue weighted by Crippen LogP contribution is -2.26. The van der Waals surface area contributed by atoms with Crippen LogP contribution in [-0.4, -0.2) is 31.9 Å². The zero-order valence-electron chi connectivity index (χ0n) is 24.2. The van der Waals surface area contributed by atoms with Crippen molar-refractivity contribution < 1.29 is 28.6 Å². The van der Waals surface area contributed by atoms with E-state index in [0.717, 1.165) is 18.2 Å². The Kier molecular flexibility index (Phi) is 9.29. The minimum Gasteiger partial charge on any atom is -0.463 e. The van der Waals surface area contributed by atoms with Crippen LogP contribution >= 0.6 is 0 Å². The van der Waals surface area contributed by atoms with Crippen molar-refractivity contribution in [2.24, 2.45) is 0 Å². The highest BCUT2D eigenvalue weighted by atomic mass is 16.6. The topological polar surface area (TPSA) is 78.9 Å².